The van der Waals surface area contributed by atoms with Crippen molar-refractivity contribution in [2.45, 2.75) is 12.5 Å². The van der Waals surface area contributed by atoms with Crippen molar-refractivity contribution in [3.63, 3.8) is 0 Å². The largest absolute Gasteiger partial charge is 0.464 e. The smallest absolute Gasteiger partial charge is 0.385 e. The van der Waals surface area contributed by atoms with Crippen molar-refractivity contribution < 1.29 is 28.6 Å². The predicted octanol–water partition coefficient (Wildman–Crippen LogP) is -0.943. The molecule has 11 heavy (non-hydrogen) atoms. The fraction of sp³-hybridized carbons (Fsp3) is 0.500. The molecule has 0 aromatic heterocycles. The Balaban J connectivity index is 2.66. The van der Waals surface area contributed by atoms with Gasteiger partial charge in [0.05, 0.1) is 6.42 Å². The van der Waals surface area contributed by atoms with Crippen molar-refractivity contribution in [1.82, 2.24) is 0 Å². The molecule has 1 aliphatic heterocycles. The first kappa shape index (κ1) is 8.39. The lowest BCUT2D eigenvalue weighted by Gasteiger charge is -2.03. The van der Waals surface area contributed by atoms with Crippen LogP contribution in [0.5, 0.6) is 0 Å². The summed E-state index contributed by atoms with van der Waals surface area (Å²) in [7, 11) is -2.48. The van der Waals surface area contributed by atoms with Gasteiger partial charge in [-0.1, -0.05) is 0 Å². The second-order valence-corrected chi connectivity index (χ2v) is 2.67. The van der Waals surface area contributed by atoms with E-state index in [-0.39, 0.29) is 0 Å². The van der Waals surface area contributed by atoms with E-state index in [0.717, 1.165) is 0 Å². The molecule has 2 atom stereocenters. The van der Waals surface area contributed by atoms with Gasteiger partial charge < -0.3 is 19.0 Å². The molecule has 0 aromatic rings. The third-order valence-electron chi connectivity index (χ3n) is 0.980. The van der Waals surface area contributed by atoms with Crippen molar-refractivity contribution >= 4 is 20.5 Å². The van der Waals surface area contributed by atoms with Crippen molar-refractivity contribution in [3.8, 4) is 0 Å². The third kappa shape index (κ3) is 2.11. The number of hydrogen-bond acceptors (Lipinski definition) is 6. The molecule has 1 rings (SSSR count). The minimum absolute atomic E-state index is 0.474. The Morgan fingerprint density at radius 1 is 1.45 bits per heavy atom. The van der Waals surface area contributed by atoms with Crippen molar-refractivity contribution in [3.05, 3.63) is 0 Å². The number of hydrogen-bond donors (Lipinski definition) is 2. The Kier molecular flexibility index (Phi) is 2.38. The van der Waals surface area contributed by atoms with Crippen molar-refractivity contribution in [2.75, 3.05) is 0 Å². The van der Waals surface area contributed by atoms with E-state index in [0.29, 0.717) is 0 Å². The van der Waals surface area contributed by atoms with Crippen LogP contribution in [0, 0.1) is 0 Å². The fourth-order valence-corrected chi connectivity index (χ4v) is 1.08. The molecule has 7 heteroatoms. The first-order valence-electron chi connectivity index (χ1n) is 2.69. The van der Waals surface area contributed by atoms with E-state index < -0.39 is 33.1 Å². The van der Waals surface area contributed by atoms with Crippen LogP contribution in [-0.4, -0.2) is 28.0 Å². The zero-order valence-electron chi connectivity index (χ0n) is 5.26. The quantitative estimate of drug-likeness (QED) is 0.467. The zero-order chi connectivity index (χ0) is 8.43. The molecule has 0 radical (unpaired) electrons. The molecule has 0 saturated carbocycles. The van der Waals surface area contributed by atoms with Gasteiger partial charge >= 0.3 is 20.5 Å². The maximum atomic E-state index is 10.5. The van der Waals surface area contributed by atoms with Crippen LogP contribution in [-0.2, 0) is 18.6 Å². The van der Waals surface area contributed by atoms with Crippen LogP contribution in [0.2, 0.25) is 0 Å². The average Bonchev–Trinajstić information content (AvgIpc) is 1.93. The molecule has 6 nitrogen and oxygen atoms in total. The third-order valence-corrected chi connectivity index (χ3v) is 1.68. The Labute approximate surface area is 62.7 Å². The van der Waals surface area contributed by atoms with Gasteiger partial charge in [0, 0.05) is 0 Å². The molecule has 1 heterocycles. The van der Waals surface area contributed by atoms with Gasteiger partial charge in [-0.05, 0) is 0 Å². The summed E-state index contributed by atoms with van der Waals surface area (Å²) in [5.74, 6) is -1.89. The highest BCUT2D eigenvalue weighted by molar-refractivity contribution is 7.41. The van der Waals surface area contributed by atoms with E-state index in [4.69, 9.17) is 10.00 Å². The van der Waals surface area contributed by atoms with Crippen molar-refractivity contribution in [1.29, 1.82) is 0 Å². The van der Waals surface area contributed by atoms with Gasteiger partial charge in [0.2, 0.25) is 0 Å². The molecule has 0 aromatic carbocycles. The average molecular weight is 180 g/mol. The zero-order valence-corrected chi connectivity index (χ0v) is 6.15. The topological polar surface area (TPSA) is 93.1 Å². The molecule has 0 spiro atoms. The summed E-state index contributed by atoms with van der Waals surface area (Å²) in [6, 6.07) is 0. The summed E-state index contributed by atoms with van der Waals surface area (Å²) < 4.78 is 8.21. The summed E-state index contributed by atoms with van der Waals surface area (Å²) >= 11 is 0. The van der Waals surface area contributed by atoms with E-state index in [1.54, 1.807) is 0 Å². The Morgan fingerprint density at radius 2 is 2.09 bits per heavy atom. The van der Waals surface area contributed by atoms with Gasteiger partial charge in [-0.25, -0.2) is 4.79 Å². The molecule has 1 saturated heterocycles. The summed E-state index contributed by atoms with van der Waals surface area (Å²) in [6.45, 7) is 0. The molecule has 2 unspecified atom stereocenters. The lowest BCUT2D eigenvalue weighted by molar-refractivity contribution is -0.145. The molecule has 1 aliphatic rings. The lowest BCUT2D eigenvalue weighted by atomic mass is 10.3. The van der Waals surface area contributed by atoms with E-state index in [9.17, 15) is 9.59 Å². The maximum absolute atomic E-state index is 10.5. The van der Waals surface area contributed by atoms with Crippen LogP contribution in [0.1, 0.15) is 6.42 Å². The molecule has 0 amide bonds. The standard InChI is InChI=1S/C4H5O6P/c5-2-1-3(6)9-11(8)10-4(2)7/h2,5,8H,1H2. The summed E-state index contributed by atoms with van der Waals surface area (Å²) in [4.78, 5) is 29.6. The van der Waals surface area contributed by atoms with E-state index in [1.807, 2.05) is 0 Å². The van der Waals surface area contributed by atoms with Crippen LogP contribution in [0.25, 0.3) is 0 Å². The normalized spacial score (nSPS) is 32.2. The maximum Gasteiger partial charge on any atom is 0.464 e. The van der Waals surface area contributed by atoms with Gasteiger partial charge in [0.1, 0.15) is 0 Å². The van der Waals surface area contributed by atoms with E-state index in [2.05, 4.69) is 9.05 Å². The highest BCUT2D eigenvalue weighted by Crippen LogP contribution is 2.36. The first-order valence-corrected chi connectivity index (χ1v) is 3.82. The van der Waals surface area contributed by atoms with Gasteiger partial charge in [-0.15, -0.1) is 0 Å². The molecular formula is C4H5O6P. The number of carbonyl (C=O) groups excluding carboxylic acids is 2. The Morgan fingerprint density at radius 3 is 2.73 bits per heavy atom. The van der Waals surface area contributed by atoms with Gasteiger partial charge in [-0.2, -0.15) is 0 Å². The molecule has 2 N–H and O–H groups in total. The molecule has 62 valence electrons. The monoisotopic (exact) mass is 180 g/mol. The fourth-order valence-electron chi connectivity index (χ4n) is 0.522. The van der Waals surface area contributed by atoms with Gasteiger partial charge in [0.15, 0.2) is 6.10 Å². The minimum Gasteiger partial charge on any atom is -0.385 e. The second-order valence-electron chi connectivity index (χ2n) is 1.83. The Hall–Kier alpha value is -0.710. The SMILES string of the molecule is O=C1CC(O)C(=O)OP(O)O1. The number of aliphatic hydroxyl groups is 1. The predicted molar refractivity (Wildman–Crippen MR) is 31.9 cm³/mol. The van der Waals surface area contributed by atoms with Gasteiger partial charge in [0.25, 0.3) is 0 Å². The highest BCUT2D eigenvalue weighted by Gasteiger charge is 2.31. The van der Waals surface area contributed by atoms with E-state index >= 15 is 0 Å². The molecule has 0 bridgehead atoms. The van der Waals surface area contributed by atoms with Crippen molar-refractivity contribution in [2.24, 2.45) is 0 Å². The highest BCUT2D eigenvalue weighted by atomic mass is 31.2. The Bertz CT molecular complexity index is 191. The van der Waals surface area contributed by atoms with Crippen LogP contribution in [0.3, 0.4) is 0 Å². The summed E-state index contributed by atoms with van der Waals surface area (Å²) in [5.41, 5.74) is 0. The first-order chi connectivity index (χ1) is 5.09. The van der Waals surface area contributed by atoms with Crippen LogP contribution < -0.4 is 0 Å². The summed E-state index contributed by atoms with van der Waals surface area (Å²) in [5, 5.41) is 8.77. The minimum atomic E-state index is -2.48. The number of rotatable bonds is 0. The molecular weight excluding hydrogens is 175 g/mol. The summed E-state index contributed by atoms with van der Waals surface area (Å²) in [6.07, 6.45) is -2.00. The lowest BCUT2D eigenvalue weighted by Crippen LogP contribution is -2.21. The number of aliphatic hydroxyl groups excluding tert-OH is 1. The van der Waals surface area contributed by atoms with Gasteiger partial charge in [-0.3, -0.25) is 4.79 Å². The van der Waals surface area contributed by atoms with Crippen LogP contribution in [0.15, 0.2) is 0 Å². The second kappa shape index (κ2) is 3.13. The number of carbonyl (C=O) groups is 2. The van der Waals surface area contributed by atoms with E-state index in [1.165, 1.54) is 0 Å². The van der Waals surface area contributed by atoms with Crippen LogP contribution in [0.4, 0.5) is 0 Å². The molecule has 0 aliphatic carbocycles. The molecule has 1 fully saturated rings. The van der Waals surface area contributed by atoms with Crippen LogP contribution >= 0.6 is 8.60 Å².